The summed E-state index contributed by atoms with van der Waals surface area (Å²) in [5.41, 5.74) is 7.85. The molecule has 0 spiro atoms. The third-order valence-corrected chi connectivity index (χ3v) is 4.16. The van der Waals surface area contributed by atoms with E-state index < -0.39 is 0 Å². The molecule has 1 heterocycles. The summed E-state index contributed by atoms with van der Waals surface area (Å²) in [7, 11) is 0. The molecule has 1 aromatic heterocycles. The molecule has 0 radical (unpaired) electrons. The van der Waals surface area contributed by atoms with Gasteiger partial charge in [0.1, 0.15) is 5.82 Å². The average molecular weight is 232 g/mol. The molecule has 2 aromatic rings. The Bertz CT molecular complexity index is 540. The monoisotopic (exact) mass is 232 g/mol. The van der Waals surface area contributed by atoms with Crippen LogP contribution in [0, 0.1) is 5.82 Å². The Morgan fingerprint density at radius 3 is 2.82 bits per heavy atom. The number of benzene rings is 1. The van der Waals surface area contributed by atoms with Gasteiger partial charge < -0.3 is 10.7 Å². The van der Waals surface area contributed by atoms with Gasteiger partial charge >= 0.3 is 0 Å². The van der Waals surface area contributed by atoms with Crippen LogP contribution in [0.3, 0.4) is 0 Å². The van der Waals surface area contributed by atoms with Gasteiger partial charge in [-0.15, -0.1) is 0 Å². The van der Waals surface area contributed by atoms with E-state index in [1.165, 1.54) is 12.5 Å². The second kappa shape index (κ2) is 3.84. The average Bonchev–Trinajstić information content (AvgIpc) is 2.69. The molecule has 0 unspecified atom stereocenters. The number of rotatable bonds is 3. The molecule has 0 aliphatic heterocycles. The molecule has 3 heteroatoms. The maximum absolute atomic E-state index is 14.0. The third-order valence-electron chi connectivity index (χ3n) is 4.16. The van der Waals surface area contributed by atoms with Crippen molar-refractivity contribution in [1.29, 1.82) is 0 Å². The van der Waals surface area contributed by atoms with Crippen LogP contribution in [-0.2, 0) is 5.41 Å². The number of aromatic nitrogens is 1. The molecule has 1 fully saturated rings. The SMILES string of the molecule is NCCC1(c2c[nH]c3cccc(F)c23)CCC1. The van der Waals surface area contributed by atoms with Crippen molar-refractivity contribution >= 4 is 10.9 Å². The first-order chi connectivity index (χ1) is 8.27. The number of fused-ring (bicyclic) bond motifs is 1. The number of nitrogens with one attached hydrogen (secondary N) is 1. The lowest BCUT2D eigenvalue weighted by Gasteiger charge is -2.42. The predicted octanol–water partition coefficient (Wildman–Crippen LogP) is 3.08. The topological polar surface area (TPSA) is 41.8 Å². The van der Waals surface area contributed by atoms with Crippen LogP contribution in [0.15, 0.2) is 24.4 Å². The van der Waals surface area contributed by atoms with Gasteiger partial charge in [-0.2, -0.15) is 0 Å². The minimum absolute atomic E-state index is 0.120. The van der Waals surface area contributed by atoms with Crippen molar-refractivity contribution in [3.63, 3.8) is 0 Å². The molecule has 0 bridgehead atoms. The summed E-state index contributed by atoms with van der Waals surface area (Å²) in [5.74, 6) is -0.123. The minimum Gasteiger partial charge on any atom is -0.361 e. The van der Waals surface area contributed by atoms with Crippen LogP contribution in [0.5, 0.6) is 0 Å². The van der Waals surface area contributed by atoms with E-state index in [9.17, 15) is 4.39 Å². The molecule has 0 amide bonds. The zero-order valence-corrected chi connectivity index (χ0v) is 9.80. The Morgan fingerprint density at radius 2 is 2.18 bits per heavy atom. The summed E-state index contributed by atoms with van der Waals surface area (Å²) in [4.78, 5) is 3.18. The van der Waals surface area contributed by atoms with Crippen LogP contribution >= 0.6 is 0 Å². The van der Waals surface area contributed by atoms with Crippen LogP contribution in [0.2, 0.25) is 0 Å². The number of halogens is 1. The Kier molecular flexibility index (Phi) is 2.44. The van der Waals surface area contributed by atoms with E-state index in [0.717, 1.165) is 35.7 Å². The number of hydrogen-bond acceptors (Lipinski definition) is 1. The Labute approximate surface area is 100 Å². The molecule has 2 nitrogen and oxygen atoms in total. The number of aromatic amines is 1. The summed E-state index contributed by atoms with van der Waals surface area (Å²) in [5, 5.41) is 0.764. The van der Waals surface area contributed by atoms with Gasteiger partial charge in [-0.1, -0.05) is 12.5 Å². The van der Waals surface area contributed by atoms with Crippen molar-refractivity contribution in [3.05, 3.63) is 35.8 Å². The van der Waals surface area contributed by atoms with Crippen LogP contribution in [0.25, 0.3) is 10.9 Å². The number of nitrogens with two attached hydrogens (primary N) is 1. The van der Waals surface area contributed by atoms with Crippen molar-refractivity contribution in [2.45, 2.75) is 31.1 Å². The lowest BCUT2D eigenvalue weighted by Crippen LogP contribution is -2.36. The largest absolute Gasteiger partial charge is 0.361 e. The number of hydrogen-bond donors (Lipinski definition) is 2. The Hall–Kier alpha value is -1.35. The Balaban J connectivity index is 2.17. The fourth-order valence-electron chi connectivity index (χ4n) is 3.09. The zero-order chi connectivity index (χ0) is 11.9. The van der Waals surface area contributed by atoms with Crippen molar-refractivity contribution in [2.75, 3.05) is 6.54 Å². The summed E-state index contributed by atoms with van der Waals surface area (Å²) in [6.07, 6.45) is 6.41. The predicted molar refractivity (Wildman–Crippen MR) is 67.5 cm³/mol. The van der Waals surface area contributed by atoms with E-state index >= 15 is 0 Å². The molecular formula is C14H17FN2. The quantitative estimate of drug-likeness (QED) is 0.839. The van der Waals surface area contributed by atoms with E-state index in [4.69, 9.17) is 5.73 Å². The van der Waals surface area contributed by atoms with Crippen molar-refractivity contribution < 1.29 is 4.39 Å². The third kappa shape index (κ3) is 1.49. The van der Waals surface area contributed by atoms with Crippen molar-refractivity contribution in [3.8, 4) is 0 Å². The molecule has 0 saturated heterocycles. The van der Waals surface area contributed by atoms with Crippen molar-refractivity contribution in [1.82, 2.24) is 4.98 Å². The lowest BCUT2D eigenvalue weighted by atomic mass is 9.62. The van der Waals surface area contributed by atoms with Gasteiger partial charge in [-0.25, -0.2) is 4.39 Å². The van der Waals surface area contributed by atoms with E-state index in [0.29, 0.717) is 6.54 Å². The van der Waals surface area contributed by atoms with Gasteiger partial charge in [-0.3, -0.25) is 0 Å². The highest BCUT2D eigenvalue weighted by molar-refractivity contribution is 5.85. The van der Waals surface area contributed by atoms with E-state index in [-0.39, 0.29) is 11.2 Å². The molecule has 90 valence electrons. The molecule has 3 rings (SSSR count). The highest BCUT2D eigenvalue weighted by Crippen LogP contribution is 2.48. The van der Waals surface area contributed by atoms with Crippen molar-refractivity contribution in [2.24, 2.45) is 5.73 Å². The molecular weight excluding hydrogens is 215 g/mol. The van der Waals surface area contributed by atoms with Gasteiger partial charge in [-0.05, 0) is 48.9 Å². The van der Waals surface area contributed by atoms with Crippen LogP contribution < -0.4 is 5.73 Å². The summed E-state index contributed by atoms with van der Waals surface area (Å²) in [6.45, 7) is 0.668. The molecule has 3 N–H and O–H groups in total. The maximum atomic E-state index is 14.0. The molecule has 1 aromatic carbocycles. The van der Waals surface area contributed by atoms with Gasteiger partial charge in [0.15, 0.2) is 0 Å². The normalized spacial score (nSPS) is 18.2. The minimum atomic E-state index is -0.123. The highest BCUT2D eigenvalue weighted by atomic mass is 19.1. The maximum Gasteiger partial charge on any atom is 0.132 e. The summed E-state index contributed by atoms with van der Waals surface area (Å²) in [6, 6.07) is 5.21. The van der Waals surface area contributed by atoms with E-state index in [1.807, 2.05) is 12.3 Å². The van der Waals surface area contributed by atoms with Crippen LogP contribution in [0.4, 0.5) is 4.39 Å². The summed E-state index contributed by atoms with van der Waals surface area (Å²) >= 11 is 0. The molecule has 1 aliphatic carbocycles. The van der Waals surface area contributed by atoms with Gasteiger partial charge in [0.05, 0.1) is 0 Å². The smallest absolute Gasteiger partial charge is 0.132 e. The second-order valence-electron chi connectivity index (χ2n) is 5.04. The first-order valence-electron chi connectivity index (χ1n) is 6.23. The van der Waals surface area contributed by atoms with Gasteiger partial charge in [0, 0.05) is 17.1 Å². The fourth-order valence-corrected chi connectivity index (χ4v) is 3.09. The van der Waals surface area contributed by atoms with Crippen LogP contribution in [0.1, 0.15) is 31.2 Å². The van der Waals surface area contributed by atoms with Crippen LogP contribution in [-0.4, -0.2) is 11.5 Å². The van der Waals surface area contributed by atoms with E-state index in [1.54, 1.807) is 6.07 Å². The first-order valence-corrected chi connectivity index (χ1v) is 6.23. The van der Waals surface area contributed by atoms with Gasteiger partial charge in [0.25, 0.3) is 0 Å². The molecule has 17 heavy (non-hydrogen) atoms. The molecule has 0 atom stereocenters. The zero-order valence-electron chi connectivity index (χ0n) is 9.80. The highest BCUT2D eigenvalue weighted by Gasteiger charge is 2.39. The molecule has 1 aliphatic rings. The summed E-state index contributed by atoms with van der Waals surface area (Å²) < 4.78 is 14.0. The van der Waals surface area contributed by atoms with E-state index in [2.05, 4.69) is 4.98 Å². The standard InChI is InChI=1S/C14H17FN2/c15-11-3-1-4-12-13(11)10(9-17-12)14(7-8-16)5-2-6-14/h1,3-4,9,17H,2,5-8,16H2. The Morgan fingerprint density at radius 1 is 1.35 bits per heavy atom. The van der Waals surface area contributed by atoms with Gasteiger partial charge in [0.2, 0.25) is 0 Å². The first kappa shape index (κ1) is 10.8. The molecule has 1 saturated carbocycles. The lowest BCUT2D eigenvalue weighted by molar-refractivity contribution is 0.231. The fraction of sp³-hybridized carbons (Fsp3) is 0.429. The second-order valence-corrected chi connectivity index (χ2v) is 5.04. The number of H-pyrrole nitrogens is 1.